The zero-order valence-electron chi connectivity index (χ0n) is 12.3. The molecule has 0 saturated carbocycles. The number of nitrogens with one attached hydrogen (secondary N) is 1. The zero-order valence-corrected chi connectivity index (χ0v) is 12.3. The van der Waals surface area contributed by atoms with Crippen molar-refractivity contribution in [1.29, 1.82) is 5.26 Å². The van der Waals surface area contributed by atoms with E-state index in [0.717, 1.165) is 28.1 Å². The maximum absolute atomic E-state index is 9.82. The molecular formula is C17H18N2O2. The van der Waals surface area contributed by atoms with E-state index in [1.54, 1.807) is 7.11 Å². The van der Waals surface area contributed by atoms with Crippen LogP contribution in [-0.4, -0.2) is 12.2 Å². The van der Waals surface area contributed by atoms with Gasteiger partial charge in [-0.15, -0.1) is 0 Å². The van der Waals surface area contributed by atoms with Crippen LogP contribution in [0.3, 0.4) is 0 Å². The number of phenols is 1. The fraction of sp³-hybridized carbons (Fsp3) is 0.235. The molecule has 2 aromatic rings. The summed E-state index contributed by atoms with van der Waals surface area (Å²) >= 11 is 0. The van der Waals surface area contributed by atoms with Crippen molar-refractivity contribution in [2.45, 2.75) is 19.9 Å². The Morgan fingerprint density at radius 1 is 1.14 bits per heavy atom. The monoisotopic (exact) mass is 282 g/mol. The number of anilines is 1. The summed E-state index contributed by atoms with van der Waals surface area (Å²) in [6.45, 7) is 3.65. The van der Waals surface area contributed by atoms with E-state index in [4.69, 9.17) is 4.74 Å². The molecule has 2 N–H and O–H groups in total. The fourth-order valence-electron chi connectivity index (χ4n) is 2.20. The molecule has 0 amide bonds. The molecule has 0 spiro atoms. The number of phenolic OH excluding ortho intramolecular Hbond substituents is 1. The van der Waals surface area contributed by atoms with E-state index >= 15 is 0 Å². The second-order valence-electron chi connectivity index (χ2n) is 4.94. The van der Waals surface area contributed by atoms with Crippen molar-refractivity contribution in [3.63, 3.8) is 0 Å². The molecule has 21 heavy (non-hydrogen) atoms. The number of nitriles is 1. The van der Waals surface area contributed by atoms with Gasteiger partial charge in [0, 0.05) is 5.69 Å². The second kappa shape index (κ2) is 6.19. The molecule has 0 aromatic heterocycles. The molecule has 4 heteroatoms. The molecule has 0 aliphatic heterocycles. The van der Waals surface area contributed by atoms with Crippen LogP contribution >= 0.6 is 0 Å². The number of aryl methyl sites for hydroxylation is 2. The number of benzene rings is 2. The van der Waals surface area contributed by atoms with Gasteiger partial charge in [-0.25, -0.2) is 0 Å². The summed E-state index contributed by atoms with van der Waals surface area (Å²) in [7, 11) is 1.61. The molecule has 0 fully saturated rings. The lowest BCUT2D eigenvalue weighted by Gasteiger charge is -2.16. The highest BCUT2D eigenvalue weighted by Gasteiger charge is 2.13. The van der Waals surface area contributed by atoms with Crippen LogP contribution < -0.4 is 10.1 Å². The van der Waals surface area contributed by atoms with Crippen LogP contribution in [0.2, 0.25) is 0 Å². The molecule has 0 bridgehead atoms. The van der Waals surface area contributed by atoms with Gasteiger partial charge in [0.05, 0.1) is 13.2 Å². The summed E-state index contributed by atoms with van der Waals surface area (Å²) in [4.78, 5) is 0. The van der Waals surface area contributed by atoms with E-state index in [0.29, 0.717) is 0 Å². The lowest BCUT2D eigenvalue weighted by atomic mass is 10.0. The van der Waals surface area contributed by atoms with Crippen molar-refractivity contribution >= 4 is 5.69 Å². The van der Waals surface area contributed by atoms with Crippen LogP contribution in [0.4, 0.5) is 5.69 Å². The first-order valence-electron chi connectivity index (χ1n) is 6.65. The summed E-state index contributed by atoms with van der Waals surface area (Å²) in [5.41, 5.74) is 3.20. The minimum Gasteiger partial charge on any atom is -0.507 e. The Hall–Kier alpha value is -2.67. The molecule has 0 aliphatic carbocycles. The van der Waals surface area contributed by atoms with E-state index in [9.17, 15) is 10.4 Å². The van der Waals surface area contributed by atoms with Crippen molar-refractivity contribution in [2.75, 3.05) is 12.4 Å². The summed E-state index contributed by atoms with van der Waals surface area (Å²) in [6.07, 6.45) is 0. The predicted octanol–water partition coefficient (Wildman–Crippen LogP) is 3.69. The zero-order chi connectivity index (χ0) is 15.4. The molecule has 0 saturated heterocycles. The Balaban J connectivity index is 2.25. The fourth-order valence-corrected chi connectivity index (χ4v) is 2.20. The summed E-state index contributed by atoms with van der Waals surface area (Å²) in [5.74, 6) is 1.05. The van der Waals surface area contributed by atoms with Crippen molar-refractivity contribution in [2.24, 2.45) is 0 Å². The van der Waals surface area contributed by atoms with Gasteiger partial charge in [0.1, 0.15) is 17.5 Å². The van der Waals surface area contributed by atoms with E-state index in [-0.39, 0.29) is 5.75 Å². The smallest absolute Gasteiger partial charge is 0.140 e. The minimum atomic E-state index is -0.476. The first-order valence-corrected chi connectivity index (χ1v) is 6.65. The van der Waals surface area contributed by atoms with Crippen molar-refractivity contribution in [1.82, 2.24) is 0 Å². The Kier molecular flexibility index (Phi) is 4.34. The molecule has 1 atom stereocenters. The molecule has 2 aromatic carbocycles. The summed E-state index contributed by atoms with van der Waals surface area (Å²) in [5, 5.41) is 22.4. The number of aromatic hydroxyl groups is 1. The third kappa shape index (κ3) is 3.26. The quantitative estimate of drug-likeness (QED) is 0.897. The Morgan fingerprint density at radius 3 is 2.19 bits per heavy atom. The molecule has 4 nitrogen and oxygen atoms in total. The second-order valence-corrected chi connectivity index (χ2v) is 4.94. The molecule has 108 valence electrons. The topological polar surface area (TPSA) is 65.3 Å². The summed E-state index contributed by atoms with van der Waals surface area (Å²) in [6, 6.07) is 12.8. The van der Waals surface area contributed by atoms with Gasteiger partial charge >= 0.3 is 0 Å². The van der Waals surface area contributed by atoms with Gasteiger partial charge in [-0.2, -0.15) is 5.26 Å². The highest BCUT2D eigenvalue weighted by Crippen LogP contribution is 2.28. The van der Waals surface area contributed by atoms with E-state index in [2.05, 4.69) is 11.4 Å². The van der Waals surface area contributed by atoms with Crippen LogP contribution in [-0.2, 0) is 0 Å². The SMILES string of the molecule is COc1ccc(NC(C#N)c2cc(C)c(O)c(C)c2)cc1. The van der Waals surface area contributed by atoms with Crippen molar-refractivity contribution in [3.05, 3.63) is 53.1 Å². The first-order chi connectivity index (χ1) is 10.0. The first kappa shape index (κ1) is 14.7. The van der Waals surface area contributed by atoms with Gasteiger partial charge in [-0.05, 0) is 66.9 Å². The van der Waals surface area contributed by atoms with Gasteiger partial charge < -0.3 is 15.2 Å². The molecule has 1 unspecified atom stereocenters. The van der Waals surface area contributed by atoms with Crippen LogP contribution in [0.5, 0.6) is 11.5 Å². The highest BCUT2D eigenvalue weighted by molar-refractivity contribution is 5.52. The predicted molar refractivity (Wildman–Crippen MR) is 82.6 cm³/mol. The van der Waals surface area contributed by atoms with Gasteiger partial charge in [-0.3, -0.25) is 0 Å². The van der Waals surface area contributed by atoms with E-state index in [1.165, 1.54) is 0 Å². The Labute approximate surface area is 124 Å². The lowest BCUT2D eigenvalue weighted by molar-refractivity contribution is 0.415. The minimum absolute atomic E-state index is 0.278. The Morgan fingerprint density at radius 2 is 1.71 bits per heavy atom. The van der Waals surface area contributed by atoms with Crippen LogP contribution in [0.15, 0.2) is 36.4 Å². The molecule has 0 heterocycles. The van der Waals surface area contributed by atoms with Crippen LogP contribution in [0.25, 0.3) is 0 Å². The third-order valence-electron chi connectivity index (χ3n) is 3.38. The number of rotatable bonds is 4. The van der Waals surface area contributed by atoms with Gasteiger partial charge in [-0.1, -0.05) is 0 Å². The number of hydrogen-bond acceptors (Lipinski definition) is 4. The standard InChI is InChI=1S/C17H18N2O2/c1-11-8-13(9-12(2)17(11)20)16(10-18)19-14-4-6-15(21-3)7-5-14/h4-9,16,19-20H,1-3H3. The number of hydrogen-bond donors (Lipinski definition) is 2. The van der Waals surface area contributed by atoms with Gasteiger partial charge in [0.25, 0.3) is 0 Å². The highest BCUT2D eigenvalue weighted by atomic mass is 16.5. The molecule has 0 radical (unpaired) electrons. The van der Waals surface area contributed by atoms with Gasteiger partial charge in [0.15, 0.2) is 0 Å². The summed E-state index contributed by atoms with van der Waals surface area (Å²) < 4.78 is 5.11. The number of methoxy groups -OCH3 is 1. The lowest BCUT2D eigenvalue weighted by Crippen LogP contribution is -2.09. The average molecular weight is 282 g/mol. The number of ether oxygens (including phenoxy) is 1. The van der Waals surface area contributed by atoms with Crippen LogP contribution in [0, 0.1) is 25.2 Å². The van der Waals surface area contributed by atoms with Crippen molar-refractivity contribution < 1.29 is 9.84 Å². The normalized spacial score (nSPS) is 11.5. The number of nitrogens with zero attached hydrogens (tertiary/aromatic N) is 1. The molecular weight excluding hydrogens is 264 g/mol. The van der Waals surface area contributed by atoms with Gasteiger partial charge in [0.2, 0.25) is 0 Å². The average Bonchev–Trinajstić information content (AvgIpc) is 2.50. The van der Waals surface area contributed by atoms with Crippen molar-refractivity contribution in [3.8, 4) is 17.6 Å². The molecule has 0 aliphatic rings. The Bertz CT molecular complexity index is 649. The van der Waals surface area contributed by atoms with E-state index in [1.807, 2.05) is 50.2 Å². The maximum atomic E-state index is 9.82. The van der Waals surface area contributed by atoms with Crippen LogP contribution in [0.1, 0.15) is 22.7 Å². The largest absolute Gasteiger partial charge is 0.507 e. The third-order valence-corrected chi connectivity index (χ3v) is 3.38. The molecule has 2 rings (SSSR count). The van der Waals surface area contributed by atoms with E-state index < -0.39 is 6.04 Å². The maximum Gasteiger partial charge on any atom is 0.140 e.